The van der Waals surface area contributed by atoms with Gasteiger partial charge in [-0.25, -0.2) is 14.7 Å². The summed E-state index contributed by atoms with van der Waals surface area (Å²) in [5, 5.41) is 10.9. The summed E-state index contributed by atoms with van der Waals surface area (Å²) in [7, 11) is 2.72. The summed E-state index contributed by atoms with van der Waals surface area (Å²) < 4.78 is 23.3. The number of aromatic hydroxyl groups is 1. The summed E-state index contributed by atoms with van der Waals surface area (Å²) in [6, 6.07) is 8.91. The minimum absolute atomic E-state index is 0.0139. The predicted octanol–water partition coefficient (Wildman–Crippen LogP) is 2.76. The van der Waals surface area contributed by atoms with Gasteiger partial charge in [0.2, 0.25) is 0 Å². The monoisotopic (exact) mass is 428 g/mol. The number of nitrogens with one attached hydrogen (secondary N) is 1. The molecule has 0 bridgehead atoms. The van der Waals surface area contributed by atoms with E-state index in [2.05, 4.69) is 15.3 Å². The van der Waals surface area contributed by atoms with Gasteiger partial charge in [-0.3, -0.25) is 14.6 Å². The topological polar surface area (TPSA) is 107 Å². The van der Waals surface area contributed by atoms with Crippen LogP contribution in [0.1, 0.15) is 31.8 Å². The molecule has 0 saturated heterocycles. The van der Waals surface area contributed by atoms with Gasteiger partial charge in [-0.1, -0.05) is 12.1 Å². The number of carbonyl (C=O) groups is 2. The van der Waals surface area contributed by atoms with Gasteiger partial charge in [-0.2, -0.15) is 0 Å². The van der Waals surface area contributed by atoms with E-state index < -0.39 is 17.6 Å². The molecule has 3 rings (SSSR count). The van der Waals surface area contributed by atoms with Gasteiger partial charge in [0.25, 0.3) is 5.91 Å². The number of hydrogen-bond acceptors (Lipinski definition) is 7. The quantitative estimate of drug-likeness (QED) is 0.323. The molecule has 0 aliphatic heterocycles. The molecular formula is C22H21FN2O6. The maximum Gasteiger partial charge on any atom is 0.338 e. The Bertz CT molecular complexity index is 1100. The summed E-state index contributed by atoms with van der Waals surface area (Å²) in [6.07, 6.45) is 1.94. The largest absolute Gasteiger partial charge is 0.505 e. The van der Waals surface area contributed by atoms with Crippen molar-refractivity contribution in [3.63, 3.8) is 0 Å². The molecule has 162 valence electrons. The maximum atomic E-state index is 13.2. The van der Waals surface area contributed by atoms with Crippen molar-refractivity contribution >= 4 is 22.8 Å². The van der Waals surface area contributed by atoms with Crippen molar-refractivity contribution in [3.05, 3.63) is 70.7 Å². The Morgan fingerprint density at radius 2 is 1.81 bits per heavy atom. The molecular weight excluding hydrogens is 407 g/mol. The van der Waals surface area contributed by atoms with Gasteiger partial charge in [0, 0.05) is 18.7 Å². The minimum atomic E-state index is -0.745. The fourth-order valence-electron chi connectivity index (χ4n) is 3.04. The Hall–Kier alpha value is -3.56. The van der Waals surface area contributed by atoms with Gasteiger partial charge in [0.1, 0.15) is 17.9 Å². The number of halogens is 1. The molecule has 1 amide bonds. The first kappa shape index (κ1) is 22.1. The standard InChI is InChI=1S/C22H21FN2O6/c1-29-7-8-31-22(28)17-11-18(21(27)25-30-2)20(26)19-16(17)10-14(12-24-19)9-13-3-5-15(23)6-4-13/h3-6,10-12,26H,7-9H2,1-2H3,(H,25,27). The van der Waals surface area contributed by atoms with Gasteiger partial charge in [0.15, 0.2) is 5.75 Å². The highest BCUT2D eigenvalue weighted by Crippen LogP contribution is 2.32. The van der Waals surface area contributed by atoms with E-state index >= 15 is 0 Å². The van der Waals surface area contributed by atoms with Crippen molar-refractivity contribution in [2.45, 2.75) is 6.42 Å². The van der Waals surface area contributed by atoms with Gasteiger partial charge in [-0.05, 0) is 41.8 Å². The number of hydroxylamine groups is 1. The van der Waals surface area contributed by atoms with E-state index in [4.69, 9.17) is 9.47 Å². The van der Waals surface area contributed by atoms with Crippen LogP contribution in [0.25, 0.3) is 10.9 Å². The van der Waals surface area contributed by atoms with E-state index in [1.54, 1.807) is 18.2 Å². The van der Waals surface area contributed by atoms with E-state index in [9.17, 15) is 19.1 Å². The van der Waals surface area contributed by atoms with Crippen LogP contribution in [0.2, 0.25) is 0 Å². The summed E-state index contributed by atoms with van der Waals surface area (Å²) in [5.74, 6) is -2.18. The Morgan fingerprint density at radius 3 is 2.48 bits per heavy atom. The number of methoxy groups -OCH3 is 1. The highest BCUT2D eigenvalue weighted by molar-refractivity contribution is 6.10. The van der Waals surface area contributed by atoms with Crippen LogP contribution >= 0.6 is 0 Å². The van der Waals surface area contributed by atoms with Gasteiger partial charge < -0.3 is 14.6 Å². The van der Waals surface area contributed by atoms with Crippen molar-refractivity contribution in [3.8, 4) is 5.75 Å². The van der Waals surface area contributed by atoms with Crippen molar-refractivity contribution in [1.82, 2.24) is 10.5 Å². The molecule has 0 radical (unpaired) electrons. The molecule has 3 aromatic rings. The third kappa shape index (κ3) is 5.14. The number of hydrogen-bond donors (Lipinski definition) is 2. The van der Waals surface area contributed by atoms with Crippen LogP contribution in [0, 0.1) is 5.82 Å². The zero-order chi connectivity index (χ0) is 22.4. The predicted molar refractivity (Wildman–Crippen MR) is 109 cm³/mol. The van der Waals surface area contributed by atoms with Crippen molar-refractivity contribution in [2.75, 3.05) is 27.4 Å². The Kier molecular flexibility index (Phi) is 7.11. The number of pyridine rings is 1. The fraction of sp³-hybridized carbons (Fsp3) is 0.227. The lowest BCUT2D eigenvalue weighted by atomic mass is 9.99. The second-order valence-corrected chi connectivity index (χ2v) is 6.63. The van der Waals surface area contributed by atoms with Gasteiger partial charge in [-0.15, -0.1) is 0 Å². The van der Waals surface area contributed by atoms with Crippen LogP contribution in [-0.4, -0.2) is 49.4 Å². The Balaban J connectivity index is 2.07. The molecule has 9 heteroatoms. The third-order valence-electron chi connectivity index (χ3n) is 4.50. The number of aromatic nitrogens is 1. The third-order valence-corrected chi connectivity index (χ3v) is 4.50. The lowest BCUT2D eigenvalue weighted by Gasteiger charge is -2.13. The molecule has 0 aliphatic rings. The molecule has 0 aliphatic carbocycles. The number of phenols is 1. The number of amides is 1. The van der Waals surface area contributed by atoms with E-state index in [-0.39, 0.29) is 35.7 Å². The molecule has 8 nitrogen and oxygen atoms in total. The summed E-state index contributed by atoms with van der Waals surface area (Å²) >= 11 is 0. The van der Waals surface area contributed by atoms with Crippen molar-refractivity contribution in [2.24, 2.45) is 0 Å². The lowest BCUT2D eigenvalue weighted by Crippen LogP contribution is -2.22. The summed E-state index contributed by atoms with van der Waals surface area (Å²) in [5.41, 5.74) is 3.59. The number of fused-ring (bicyclic) bond motifs is 1. The number of carbonyl (C=O) groups excluding carboxylic acids is 2. The molecule has 2 aromatic carbocycles. The molecule has 2 N–H and O–H groups in total. The van der Waals surface area contributed by atoms with Gasteiger partial charge in [0.05, 0.1) is 24.8 Å². The summed E-state index contributed by atoms with van der Waals surface area (Å²) in [4.78, 5) is 33.8. The first-order valence-electron chi connectivity index (χ1n) is 9.33. The average molecular weight is 428 g/mol. The zero-order valence-corrected chi connectivity index (χ0v) is 17.0. The number of nitrogens with zero attached hydrogens (tertiary/aromatic N) is 1. The van der Waals surface area contributed by atoms with Crippen molar-refractivity contribution in [1.29, 1.82) is 0 Å². The number of phenolic OH excluding ortho intramolecular Hbond substituents is 1. The highest BCUT2D eigenvalue weighted by Gasteiger charge is 2.22. The van der Waals surface area contributed by atoms with E-state index in [0.29, 0.717) is 11.8 Å². The summed E-state index contributed by atoms with van der Waals surface area (Å²) in [6.45, 7) is 0.215. The normalized spacial score (nSPS) is 10.8. The molecule has 1 aromatic heterocycles. The number of benzene rings is 2. The van der Waals surface area contributed by atoms with Crippen LogP contribution in [0.3, 0.4) is 0 Å². The molecule has 0 atom stereocenters. The smallest absolute Gasteiger partial charge is 0.338 e. The molecule has 31 heavy (non-hydrogen) atoms. The van der Waals surface area contributed by atoms with Crippen LogP contribution < -0.4 is 5.48 Å². The number of rotatable bonds is 8. The molecule has 0 fully saturated rings. The number of ether oxygens (including phenoxy) is 2. The van der Waals surface area contributed by atoms with Gasteiger partial charge >= 0.3 is 5.97 Å². The fourth-order valence-corrected chi connectivity index (χ4v) is 3.04. The van der Waals surface area contributed by atoms with E-state index in [0.717, 1.165) is 11.1 Å². The second-order valence-electron chi connectivity index (χ2n) is 6.63. The van der Waals surface area contributed by atoms with Crippen LogP contribution in [0.4, 0.5) is 4.39 Å². The first-order chi connectivity index (χ1) is 14.9. The minimum Gasteiger partial charge on any atom is -0.505 e. The molecule has 1 heterocycles. The SMILES string of the molecule is COCCOC(=O)c1cc(C(=O)NOC)c(O)c2ncc(Cc3ccc(F)cc3)cc12. The second kappa shape index (κ2) is 9.96. The zero-order valence-electron chi connectivity index (χ0n) is 17.0. The van der Waals surface area contributed by atoms with Crippen LogP contribution in [0.15, 0.2) is 42.6 Å². The van der Waals surface area contributed by atoms with Crippen LogP contribution in [0.5, 0.6) is 5.75 Å². The van der Waals surface area contributed by atoms with E-state index in [1.807, 2.05) is 0 Å². The Morgan fingerprint density at radius 1 is 1.06 bits per heavy atom. The number of esters is 1. The van der Waals surface area contributed by atoms with Crippen LogP contribution in [-0.2, 0) is 20.7 Å². The Labute approximate surface area is 177 Å². The van der Waals surface area contributed by atoms with E-state index in [1.165, 1.54) is 38.6 Å². The molecule has 0 unspecified atom stereocenters. The lowest BCUT2D eigenvalue weighted by molar-refractivity contribution is 0.0390. The highest BCUT2D eigenvalue weighted by atomic mass is 19.1. The average Bonchev–Trinajstić information content (AvgIpc) is 2.76. The molecule has 0 spiro atoms. The first-order valence-corrected chi connectivity index (χ1v) is 9.33. The van der Waals surface area contributed by atoms with Crippen molar-refractivity contribution < 1.29 is 33.4 Å². The maximum absolute atomic E-state index is 13.2. The molecule has 0 saturated carbocycles.